The van der Waals surface area contributed by atoms with E-state index in [1.165, 1.54) is 6.20 Å². The summed E-state index contributed by atoms with van der Waals surface area (Å²) in [7, 11) is 1.82. The number of rotatable bonds is 2. The van der Waals surface area contributed by atoms with Gasteiger partial charge in [0.15, 0.2) is 5.82 Å². The number of nitrogens with one attached hydrogen (secondary N) is 1. The molecule has 4 aromatic rings. The number of hydrogen-bond donors (Lipinski definition) is 1. The molecule has 0 bridgehead atoms. The van der Waals surface area contributed by atoms with Gasteiger partial charge in [0.25, 0.3) is 0 Å². The fourth-order valence-corrected chi connectivity index (χ4v) is 2.65. The second kappa shape index (κ2) is 4.77. The Balaban J connectivity index is 2.01. The summed E-state index contributed by atoms with van der Waals surface area (Å²) in [5, 5.41) is 5.41. The molecule has 0 aromatic carbocycles. The van der Waals surface area contributed by atoms with Crippen molar-refractivity contribution < 1.29 is 4.39 Å². The van der Waals surface area contributed by atoms with E-state index in [0.29, 0.717) is 11.3 Å². The number of aromatic amines is 1. The van der Waals surface area contributed by atoms with Gasteiger partial charge >= 0.3 is 0 Å². The first-order valence-electron chi connectivity index (χ1n) is 6.80. The highest BCUT2D eigenvalue weighted by Crippen LogP contribution is 2.35. The van der Waals surface area contributed by atoms with Gasteiger partial charge in [0.2, 0.25) is 0 Å². The number of aromatic nitrogens is 5. The average Bonchev–Trinajstić information content (AvgIpc) is 3.13. The predicted octanol–water partition coefficient (Wildman–Crippen LogP) is 3.16. The Morgan fingerprint density at radius 3 is 2.82 bits per heavy atom. The molecule has 0 aliphatic carbocycles. The molecule has 108 valence electrons. The molecular weight excluding hydrogens is 281 g/mol. The van der Waals surface area contributed by atoms with Crippen molar-refractivity contribution in [1.29, 1.82) is 0 Å². The highest BCUT2D eigenvalue weighted by atomic mass is 19.1. The lowest BCUT2D eigenvalue weighted by Crippen LogP contribution is -1.91. The summed E-state index contributed by atoms with van der Waals surface area (Å²) in [5.74, 6) is -0.387. The number of fused-ring (bicyclic) bond motifs is 1. The minimum absolute atomic E-state index is 0.387. The van der Waals surface area contributed by atoms with E-state index in [1.807, 2.05) is 31.6 Å². The number of hydrogen-bond acceptors (Lipinski definition) is 3. The number of nitrogens with zero attached hydrogens (tertiary/aromatic N) is 4. The Bertz CT molecular complexity index is 970. The third kappa shape index (κ3) is 1.88. The molecule has 0 spiro atoms. The fourth-order valence-electron chi connectivity index (χ4n) is 2.65. The summed E-state index contributed by atoms with van der Waals surface area (Å²) in [6.45, 7) is 0. The first kappa shape index (κ1) is 12.7. The molecule has 0 saturated heterocycles. The molecule has 1 N–H and O–H groups in total. The average molecular weight is 293 g/mol. The van der Waals surface area contributed by atoms with Crippen LogP contribution in [0.5, 0.6) is 0 Å². The number of halogens is 1. The minimum atomic E-state index is -0.387. The molecule has 6 heteroatoms. The normalized spacial score (nSPS) is 11.2. The molecule has 0 aliphatic heterocycles. The Hall–Kier alpha value is -3.02. The zero-order valence-electron chi connectivity index (χ0n) is 11.8. The fraction of sp³-hybridized carbons (Fsp3) is 0.0625. The summed E-state index contributed by atoms with van der Waals surface area (Å²) >= 11 is 0. The van der Waals surface area contributed by atoms with Crippen LogP contribution >= 0.6 is 0 Å². The molecule has 4 aromatic heterocycles. The number of pyridine rings is 2. The smallest absolute Gasteiger partial charge is 0.150 e. The molecular formula is C16H12FN5. The van der Waals surface area contributed by atoms with Crippen LogP contribution in [0.25, 0.3) is 33.4 Å². The van der Waals surface area contributed by atoms with E-state index < -0.39 is 0 Å². The molecule has 0 saturated carbocycles. The minimum Gasteiger partial charge on any atom is -0.346 e. The van der Waals surface area contributed by atoms with Crippen molar-refractivity contribution in [2.24, 2.45) is 7.05 Å². The van der Waals surface area contributed by atoms with Gasteiger partial charge in [0.1, 0.15) is 11.3 Å². The Morgan fingerprint density at radius 2 is 1.95 bits per heavy atom. The topological polar surface area (TPSA) is 59.4 Å². The van der Waals surface area contributed by atoms with E-state index in [0.717, 1.165) is 22.2 Å². The van der Waals surface area contributed by atoms with Gasteiger partial charge in [-0.1, -0.05) is 0 Å². The molecule has 22 heavy (non-hydrogen) atoms. The monoisotopic (exact) mass is 293 g/mol. The van der Waals surface area contributed by atoms with Gasteiger partial charge in [0.05, 0.1) is 6.20 Å². The molecule has 0 atom stereocenters. The second-order valence-electron chi connectivity index (χ2n) is 5.02. The van der Waals surface area contributed by atoms with E-state index >= 15 is 0 Å². The van der Waals surface area contributed by atoms with E-state index in [-0.39, 0.29) is 5.82 Å². The lowest BCUT2D eigenvalue weighted by Gasteiger charge is -2.05. The zero-order chi connectivity index (χ0) is 15.1. The standard InChI is InChI=1S/C16H12FN5/c1-22-9-13(10-3-6-19-16-11(10)4-7-20-16)15(21-22)12-2-5-18-8-14(12)17/h2-9H,1H3,(H,19,20). The van der Waals surface area contributed by atoms with Crippen LogP contribution in [0.15, 0.2) is 49.2 Å². The maximum absolute atomic E-state index is 14.1. The van der Waals surface area contributed by atoms with Gasteiger partial charge in [-0.25, -0.2) is 9.37 Å². The molecule has 4 rings (SSSR count). The molecule has 0 radical (unpaired) electrons. The van der Waals surface area contributed by atoms with E-state index in [4.69, 9.17) is 0 Å². The SMILES string of the molecule is Cn1cc(-c2ccnc3[nH]ccc23)c(-c2ccncc2F)n1. The van der Waals surface area contributed by atoms with Crippen LogP contribution in [0.3, 0.4) is 0 Å². The van der Waals surface area contributed by atoms with E-state index in [1.54, 1.807) is 23.1 Å². The number of aryl methyl sites for hydroxylation is 1. The molecule has 4 heterocycles. The van der Waals surface area contributed by atoms with Crippen molar-refractivity contribution >= 4 is 11.0 Å². The van der Waals surface area contributed by atoms with Gasteiger partial charge in [-0.05, 0) is 23.8 Å². The third-order valence-corrected chi connectivity index (χ3v) is 3.61. The van der Waals surface area contributed by atoms with Gasteiger partial charge in [-0.2, -0.15) is 5.10 Å². The Labute approximate surface area is 125 Å². The van der Waals surface area contributed by atoms with Crippen LogP contribution in [-0.4, -0.2) is 24.7 Å². The zero-order valence-corrected chi connectivity index (χ0v) is 11.8. The van der Waals surface area contributed by atoms with Crippen LogP contribution in [0.4, 0.5) is 4.39 Å². The first-order chi connectivity index (χ1) is 10.7. The van der Waals surface area contributed by atoms with Gasteiger partial charge < -0.3 is 4.98 Å². The summed E-state index contributed by atoms with van der Waals surface area (Å²) in [6.07, 6.45) is 8.22. The molecule has 0 amide bonds. The van der Waals surface area contributed by atoms with Crippen molar-refractivity contribution in [3.63, 3.8) is 0 Å². The maximum Gasteiger partial charge on any atom is 0.150 e. The highest BCUT2D eigenvalue weighted by molar-refractivity contribution is 5.96. The molecule has 0 aliphatic rings. The van der Waals surface area contributed by atoms with E-state index in [2.05, 4.69) is 20.1 Å². The molecule has 0 fully saturated rings. The van der Waals surface area contributed by atoms with Gasteiger partial charge in [-0.15, -0.1) is 0 Å². The van der Waals surface area contributed by atoms with Crippen molar-refractivity contribution in [1.82, 2.24) is 24.7 Å². The first-order valence-corrected chi connectivity index (χ1v) is 6.80. The van der Waals surface area contributed by atoms with E-state index in [9.17, 15) is 4.39 Å². The molecule has 0 unspecified atom stereocenters. The maximum atomic E-state index is 14.1. The molecule has 5 nitrogen and oxygen atoms in total. The highest BCUT2D eigenvalue weighted by Gasteiger charge is 2.17. The third-order valence-electron chi connectivity index (χ3n) is 3.61. The Kier molecular flexibility index (Phi) is 2.75. The van der Waals surface area contributed by atoms with Crippen LogP contribution in [-0.2, 0) is 7.05 Å². The Morgan fingerprint density at radius 1 is 1.09 bits per heavy atom. The van der Waals surface area contributed by atoms with Crippen LogP contribution in [0.2, 0.25) is 0 Å². The van der Waals surface area contributed by atoms with Crippen LogP contribution in [0, 0.1) is 5.82 Å². The number of H-pyrrole nitrogens is 1. The summed E-state index contributed by atoms with van der Waals surface area (Å²) in [6, 6.07) is 5.50. The largest absolute Gasteiger partial charge is 0.346 e. The van der Waals surface area contributed by atoms with Crippen LogP contribution in [0.1, 0.15) is 0 Å². The van der Waals surface area contributed by atoms with Crippen molar-refractivity contribution in [3.05, 3.63) is 55.0 Å². The van der Waals surface area contributed by atoms with Crippen molar-refractivity contribution in [2.75, 3.05) is 0 Å². The van der Waals surface area contributed by atoms with Gasteiger partial charge in [-0.3, -0.25) is 9.67 Å². The summed E-state index contributed by atoms with van der Waals surface area (Å²) in [4.78, 5) is 11.2. The van der Waals surface area contributed by atoms with Crippen molar-refractivity contribution in [3.8, 4) is 22.4 Å². The van der Waals surface area contributed by atoms with Gasteiger partial charge in [0, 0.05) is 48.3 Å². The lowest BCUT2D eigenvalue weighted by atomic mass is 10.0. The predicted molar refractivity (Wildman–Crippen MR) is 81.5 cm³/mol. The second-order valence-corrected chi connectivity index (χ2v) is 5.02. The van der Waals surface area contributed by atoms with Crippen LogP contribution < -0.4 is 0 Å². The quantitative estimate of drug-likeness (QED) is 0.617. The lowest BCUT2D eigenvalue weighted by molar-refractivity contribution is 0.623. The van der Waals surface area contributed by atoms with Crippen molar-refractivity contribution in [2.45, 2.75) is 0 Å². The summed E-state index contributed by atoms with van der Waals surface area (Å²) in [5.41, 5.74) is 3.65. The summed E-state index contributed by atoms with van der Waals surface area (Å²) < 4.78 is 15.8.